The maximum absolute atomic E-state index is 15.0. The maximum Gasteiger partial charge on any atom is 0.425 e. The molecule has 55 heavy (non-hydrogen) atoms. The molecule has 4 aliphatic rings. The first kappa shape index (κ1) is 40.5. The van der Waals surface area contributed by atoms with E-state index in [0.717, 1.165) is 6.07 Å². The van der Waals surface area contributed by atoms with Gasteiger partial charge < -0.3 is 34.4 Å². The number of carboxylic acids is 1. The Labute approximate surface area is 320 Å². The van der Waals surface area contributed by atoms with Crippen molar-refractivity contribution < 1.29 is 56.0 Å². The Morgan fingerprint density at radius 2 is 1.80 bits per heavy atom. The highest BCUT2D eigenvalue weighted by molar-refractivity contribution is 7.10. The second kappa shape index (κ2) is 16.1. The fourth-order valence-electron chi connectivity index (χ4n) is 8.55. The number of aliphatic hydroxyl groups is 1. The molecule has 2 N–H and O–H groups in total. The third-order valence-electron chi connectivity index (χ3n) is 11.3. The van der Waals surface area contributed by atoms with Crippen molar-refractivity contribution in [3.63, 3.8) is 0 Å². The van der Waals surface area contributed by atoms with Crippen LogP contribution in [0, 0.1) is 5.92 Å². The summed E-state index contributed by atoms with van der Waals surface area (Å²) in [5.41, 5.74) is -3.21. The lowest BCUT2D eigenvalue weighted by Crippen LogP contribution is -2.70. The van der Waals surface area contributed by atoms with Crippen molar-refractivity contribution >= 4 is 29.1 Å². The van der Waals surface area contributed by atoms with Gasteiger partial charge in [-0.2, -0.15) is 13.2 Å². The topological polar surface area (TPSA) is 120 Å². The summed E-state index contributed by atoms with van der Waals surface area (Å²) in [6.45, 7) is 2.00. The van der Waals surface area contributed by atoms with Crippen molar-refractivity contribution in [2.75, 3.05) is 26.7 Å². The SMILES string of the molecule is CCCC1N(C(=O)C2C(C(F)F)=CC=CN2C)CCCC1(Oc1csc(C(F)(F)F)c1)C(=O)N1CCC(O)(c2ccccc2OC2CCC(C(=O)O)C2)CC1. The van der Waals surface area contributed by atoms with Gasteiger partial charge in [-0.15, -0.1) is 11.3 Å². The fourth-order valence-corrected chi connectivity index (χ4v) is 9.22. The van der Waals surface area contributed by atoms with Crippen LogP contribution in [0.2, 0.25) is 0 Å². The Kier molecular flexibility index (Phi) is 11.9. The second-order valence-electron chi connectivity index (χ2n) is 14.9. The molecule has 0 bridgehead atoms. The van der Waals surface area contributed by atoms with E-state index in [1.807, 2.05) is 6.92 Å². The molecular weight excluding hydrogens is 749 g/mol. The Morgan fingerprint density at radius 1 is 1.07 bits per heavy atom. The van der Waals surface area contributed by atoms with E-state index in [-0.39, 0.29) is 63.6 Å². The molecule has 5 unspecified atom stereocenters. The molecule has 0 radical (unpaired) electrons. The number of hydrogen-bond acceptors (Lipinski definition) is 8. The average molecular weight is 796 g/mol. The van der Waals surface area contributed by atoms with Gasteiger partial charge in [-0.05, 0) is 63.3 Å². The molecule has 3 aliphatic heterocycles. The Bertz CT molecular complexity index is 1790. The van der Waals surface area contributed by atoms with Crippen molar-refractivity contribution in [1.29, 1.82) is 0 Å². The summed E-state index contributed by atoms with van der Waals surface area (Å²) in [5, 5.41) is 22.7. The number of likely N-dealkylation sites (tertiary alicyclic amines) is 2. The van der Waals surface area contributed by atoms with E-state index < -0.39 is 70.0 Å². The number of nitrogens with zero attached hydrogens (tertiary/aromatic N) is 3. The molecule has 1 aliphatic carbocycles. The number of carbonyl (C=O) groups excluding carboxylic acids is 2. The van der Waals surface area contributed by atoms with E-state index >= 15 is 4.79 Å². The summed E-state index contributed by atoms with van der Waals surface area (Å²) >= 11 is 0.416. The van der Waals surface area contributed by atoms with Gasteiger partial charge in [0.1, 0.15) is 22.4 Å². The number of hydrogen-bond donors (Lipinski definition) is 2. The largest absolute Gasteiger partial charge is 0.490 e. The van der Waals surface area contributed by atoms with Crippen LogP contribution >= 0.6 is 11.3 Å². The predicted molar refractivity (Wildman–Crippen MR) is 193 cm³/mol. The van der Waals surface area contributed by atoms with Crippen LogP contribution in [-0.4, -0.2) is 99.6 Å². The van der Waals surface area contributed by atoms with Gasteiger partial charge in [0.2, 0.25) is 11.5 Å². The van der Waals surface area contributed by atoms with Gasteiger partial charge in [0, 0.05) is 55.7 Å². The molecule has 2 saturated heterocycles. The number of aliphatic carboxylic acids is 1. The number of likely N-dealkylation sites (N-methyl/N-ethyl adjacent to an activating group) is 1. The highest BCUT2D eigenvalue weighted by Gasteiger charge is 2.57. The first-order valence-electron chi connectivity index (χ1n) is 18.6. The lowest BCUT2D eigenvalue weighted by molar-refractivity contribution is -0.170. The molecular formula is C39H46F5N3O7S. The number of benzene rings is 1. The van der Waals surface area contributed by atoms with Crippen LogP contribution in [0.3, 0.4) is 0 Å². The molecule has 0 spiro atoms. The van der Waals surface area contributed by atoms with Gasteiger partial charge in [0.25, 0.3) is 12.3 Å². The molecule has 2 amide bonds. The maximum atomic E-state index is 15.0. The van der Waals surface area contributed by atoms with Gasteiger partial charge in [-0.25, -0.2) is 8.78 Å². The van der Waals surface area contributed by atoms with E-state index in [2.05, 4.69) is 0 Å². The van der Waals surface area contributed by atoms with Gasteiger partial charge >= 0.3 is 12.1 Å². The van der Waals surface area contributed by atoms with Crippen molar-refractivity contribution in [1.82, 2.24) is 14.7 Å². The molecule has 1 aromatic heterocycles. The number of para-hydroxylation sites is 1. The van der Waals surface area contributed by atoms with Crippen molar-refractivity contribution in [2.45, 2.75) is 107 Å². The third-order valence-corrected chi connectivity index (χ3v) is 12.3. The van der Waals surface area contributed by atoms with Crippen LogP contribution in [0.5, 0.6) is 11.5 Å². The van der Waals surface area contributed by atoms with E-state index in [9.17, 15) is 41.8 Å². The zero-order chi connectivity index (χ0) is 39.7. The molecule has 5 atom stereocenters. The van der Waals surface area contributed by atoms with E-state index in [1.165, 1.54) is 45.5 Å². The lowest BCUT2D eigenvalue weighted by Gasteiger charge is -2.52. The lowest BCUT2D eigenvalue weighted by atomic mass is 9.78. The third kappa shape index (κ3) is 8.21. The molecule has 10 nitrogen and oxygen atoms in total. The van der Waals surface area contributed by atoms with Crippen LogP contribution in [0.1, 0.15) is 75.2 Å². The minimum absolute atomic E-state index is 0.0257. The monoisotopic (exact) mass is 795 g/mol. The number of piperidine rings is 2. The average Bonchev–Trinajstić information content (AvgIpc) is 3.83. The Morgan fingerprint density at radius 3 is 2.44 bits per heavy atom. The number of ether oxygens (including phenoxy) is 2. The van der Waals surface area contributed by atoms with E-state index in [0.29, 0.717) is 48.3 Å². The molecule has 3 fully saturated rings. The zero-order valence-electron chi connectivity index (χ0n) is 30.6. The van der Waals surface area contributed by atoms with Gasteiger partial charge in [-0.1, -0.05) is 37.6 Å². The minimum Gasteiger partial charge on any atom is -0.490 e. The van der Waals surface area contributed by atoms with Crippen LogP contribution in [0.25, 0.3) is 0 Å². The highest BCUT2D eigenvalue weighted by Crippen LogP contribution is 2.45. The predicted octanol–water partition coefficient (Wildman–Crippen LogP) is 6.84. The highest BCUT2D eigenvalue weighted by atomic mass is 32.1. The van der Waals surface area contributed by atoms with E-state index in [4.69, 9.17) is 9.47 Å². The molecule has 1 saturated carbocycles. The number of carboxylic acid groups (broad SMARTS) is 1. The van der Waals surface area contributed by atoms with Crippen molar-refractivity contribution in [2.24, 2.45) is 5.92 Å². The van der Waals surface area contributed by atoms with Gasteiger partial charge in [-0.3, -0.25) is 14.4 Å². The first-order valence-corrected chi connectivity index (χ1v) is 19.5. The Balaban J connectivity index is 1.30. The molecule has 6 rings (SSSR count). The summed E-state index contributed by atoms with van der Waals surface area (Å²) in [4.78, 5) is 44.3. The van der Waals surface area contributed by atoms with Crippen molar-refractivity contribution in [3.8, 4) is 11.5 Å². The number of carbonyl (C=O) groups is 3. The van der Waals surface area contributed by atoms with Crippen molar-refractivity contribution in [3.05, 3.63) is 70.1 Å². The van der Waals surface area contributed by atoms with Crippen LogP contribution in [0.15, 0.2) is 59.6 Å². The molecule has 300 valence electrons. The number of thiophene rings is 1. The normalized spacial score (nSPS) is 26.9. The summed E-state index contributed by atoms with van der Waals surface area (Å²) in [5.74, 6) is -2.39. The van der Waals surface area contributed by atoms with Gasteiger partial charge in [0.15, 0.2) is 0 Å². The molecule has 4 heterocycles. The van der Waals surface area contributed by atoms with E-state index in [1.54, 1.807) is 24.3 Å². The number of alkyl halides is 5. The quantitative estimate of drug-likeness (QED) is 0.238. The minimum atomic E-state index is -4.66. The Hall–Kier alpha value is -4.18. The van der Waals surface area contributed by atoms with Crippen LogP contribution in [0.4, 0.5) is 22.0 Å². The zero-order valence-corrected chi connectivity index (χ0v) is 31.5. The summed E-state index contributed by atoms with van der Waals surface area (Å²) in [6, 6.07) is 5.41. The van der Waals surface area contributed by atoms with Crippen LogP contribution in [-0.2, 0) is 26.2 Å². The van der Waals surface area contributed by atoms with Crippen LogP contribution < -0.4 is 9.47 Å². The number of allylic oxidation sites excluding steroid dienone is 2. The number of halogens is 5. The van der Waals surface area contributed by atoms with Gasteiger partial charge in [0.05, 0.1) is 23.7 Å². The first-order chi connectivity index (χ1) is 26.1. The molecule has 2 aromatic rings. The second-order valence-corrected chi connectivity index (χ2v) is 15.8. The fraction of sp³-hybridized carbons (Fsp3) is 0.564. The number of rotatable bonds is 11. The standard InChI is InChI=1S/C39H46F5N3O7S/c1-3-8-30-38(54-26-22-31(55-23-26)39(42,43)44,14-7-18-47(30)34(48)32-27(33(40)41)9-6-17-45(32)2)36(51)46-19-15-37(52,16-20-46)28-10-4-5-11-29(28)53-25-13-12-24(21-25)35(49)50/h4-6,9-11,17,22-25,30,32-33,52H,3,7-8,12-16,18-21H2,1-2H3,(H,49,50). The molecule has 16 heteroatoms. The summed E-state index contributed by atoms with van der Waals surface area (Å²) < 4.78 is 82.4. The number of amides is 2. The summed E-state index contributed by atoms with van der Waals surface area (Å²) in [7, 11) is 1.50. The smallest absolute Gasteiger partial charge is 0.425 e. The molecule has 1 aromatic carbocycles. The summed E-state index contributed by atoms with van der Waals surface area (Å²) in [6.07, 6.45) is -1.43.